The highest BCUT2D eigenvalue weighted by Gasteiger charge is 2.63. The van der Waals surface area contributed by atoms with Gasteiger partial charge in [0.15, 0.2) is 5.60 Å². The van der Waals surface area contributed by atoms with Crippen LogP contribution in [0.2, 0.25) is 0 Å². The van der Waals surface area contributed by atoms with Crippen molar-refractivity contribution in [3.05, 3.63) is 0 Å². The third kappa shape index (κ3) is 1.38. The molecular weight excluding hydrogens is 195 g/mol. The molecule has 0 unspecified atom stereocenters. The quantitative estimate of drug-likeness (QED) is 0.611. The third-order valence-corrected chi connectivity index (χ3v) is 3.20. The van der Waals surface area contributed by atoms with E-state index in [-0.39, 0.29) is 0 Å². The molecule has 0 aromatic carbocycles. The summed E-state index contributed by atoms with van der Waals surface area (Å²) in [6.07, 6.45) is -5.39. The monoisotopic (exact) mass is 207 g/mol. The fourth-order valence-corrected chi connectivity index (χ4v) is 1.71. The summed E-state index contributed by atoms with van der Waals surface area (Å²) in [6.45, 7) is 4.08. The topological polar surface area (TPSA) is 33.0 Å². The van der Waals surface area contributed by atoms with Crippen molar-refractivity contribution in [2.24, 2.45) is 11.8 Å². The van der Waals surface area contributed by atoms with Crippen molar-refractivity contribution in [3.8, 4) is 6.07 Å². The molecule has 2 nitrogen and oxygen atoms in total. The number of nitrogens with zero attached hydrogens (tertiary/aromatic N) is 1. The van der Waals surface area contributed by atoms with Gasteiger partial charge in [-0.25, -0.2) is 0 Å². The predicted molar refractivity (Wildman–Crippen MR) is 43.3 cm³/mol. The van der Waals surface area contributed by atoms with Gasteiger partial charge in [0, 0.05) is 5.92 Å². The molecule has 0 aromatic rings. The average molecular weight is 207 g/mol. The summed E-state index contributed by atoms with van der Waals surface area (Å²) in [4.78, 5) is 0. The van der Waals surface area contributed by atoms with Crippen molar-refractivity contribution >= 4 is 0 Å². The van der Waals surface area contributed by atoms with Crippen LogP contribution in [-0.4, -0.2) is 17.9 Å². The maximum Gasteiger partial charge on any atom is 0.417 e. The largest absolute Gasteiger partial charge is 0.417 e. The molecule has 1 aliphatic rings. The van der Waals surface area contributed by atoms with Crippen LogP contribution in [0.15, 0.2) is 0 Å². The van der Waals surface area contributed by atoms with Crippen molar-refractivity contribution < 1.29 is 17.9 Å². The molecule has 0 saturated carbocycles. The maximum atomic E-state index is 12.6. The van der Waals surface area contributed by atoms with E-state index in [1.807, 2.05) is 0 Å². The zero-order valence-corrected chi connectivity index (χ0v) is 8.22. The summed E-state index contributed by atoms with van der Waals surface area (Å²) in [5.74, 6) is -1.10. The van der Waals surface area contributed by atoms with Gasteiger partial charge < -0.3 is 4.74 Å². The van der Waals surface area contributed by atoms with E-state index in [0.717, 1.165) is 6.92 Å². The van der Waals surface area contributed by atoms with Gasteiger partial charge in [-0.05, 0) is 12.8 Å². The number of rotatable bonds is 0. The van der Waals surface area contributed by atoms with E-state index in [1.54, 1.807) is 13.0 Å². The summed E-state index contributed by atoms with van der Waals surface area (Å²) in [6, 6.07) is 1.75. The zero-order valence-electron chi connectivity index (χ0n) is 8.22. The van der Waals surface area contributed by atoms with E-state index in [0.29, 0.717) is 0 Å². The lowest BCUT2D eigenvalue weighted by Gasteiger charge is -2.31. The van der Waals surface area contributed by atoms with Gasteiger partial charge in [0.2, 0.25) is 0 Å². The van der Waals surface area contributed by atoms with Crippen LogP contribution < -0.4 is 0 Å². The van der Waals surface area contributed by atoms with Crippen LogP contribution in [0.4, 0.5) is 13.2 Å². The number of halogens is 3. The Morgan fingerprint density at radius 1 is 1.36 bits per heavy atom. The molecule has 0 radical (unpaired) electrons. The molecule has 0 bridgehead atoms. The maximum absolute atomic E-state index is 12.6. The van der Waals surface area contributed by atoms with E-state index >= 15 is 0 Å². The van der Waals surface area contributed by atoms with Gasteiger partial charge >= 0.3 is 6.18 Å². The molecule has 0 aromatic heterocycles. The standard InChI is InChI=1S/C9H12F3NO/c1-5-6(2)8(3,9(10,11)12)14-7(5)4-13/h5-7H,1-3H3/t5-,6+,7+,8-/m1/s1. The molecule has 1 saturated heterocycles. The number of hydrogen-bond donors (Lipinski definition) is 0. The van der Waals surface area contributed by atoms with Crippen molar-refractivity contribution in [1.82, 2.24) is 0 Å². The van der Waals surface area contributed by atoms with Crippen LogP contribution in [0.5, 0.6) is 0 Å². The lowest BCUT2D eigenvalue weighted by atomic mass is 9.82. The van der Waals surface area contributed by atoms with Gasteiger partial charge in [-0.2, -0.15) is 18.4 Å². The molecule has 80 valence electrons. The van der Waals surface area contributed by atoms with E-state index in [2.05, 4.69) is 0 Å². The Morgan fingerprint density at radius 2 is 1.86 bits per heavy atom. The first-order chi connectivity index (χ1) is 6.24. The van der Waals surface area contributed by atoms with Crippen LogP contribution in [0.1, 0.15) is 20.8 Å². The Labute approximate surface area is 80.7 Å². The second kappa shape index (κ2) is 3.13. The molecule has 4 atom stereocenters. The fraction of sp³-hybridized carbons (Fsp3) is 0.889. The molecule has 1 heterocycles. The van der Waals surface area contributed by atoms with Crippen LogP contribution in [0.25, 0.3) is 0 Å². The minimum Gasteiger partial charge on any atom is -0.347 e. The molecule has 0 spiro atoms. The fourth-order valence-electron chi connectivity index (χ4n) is 1.71. The lowest BCUT2D eigenvalue weighted by molar-refractivity contribution is -0.271. The van der Waals surface area contributed by atoms with E-state index in [9.17, 15) is 13.2 Å². The Kier molecular flexibility index (Phi) is 2.53. The van der Waals surface area contributed by atoms with Gasteiger partial charge in [0.1, 0.15) is 6.10 Å². The minimum atomic E-state index is -4.42. The van der Waals surface area contributed by atoms with E-state index < -0.39 is 29.7 Å². The van der Waals surface area contributed by atoms with Crippen LogP contribution >= 0.6 is 0 Å². The average Bonchev–Trinajstić information content (AvgIpc) is 2.29. The molecule has 1 rings (SSSR count). The molecule has 0 aliphatic carbocycles. The number of hydrogen-bond acceptors (Lipinski definition) is 2. The second-order valence-corrected chi connectivity index (χ2v) is 3.92. The van der Waals surface area contributed by atoms with Crippen molar-refractivity contribution in [2.45, 2.75) is 38.7 Å². The van der Waals surface area contributed by atoms with Crippen molar-refractivity contribution in [2.75, 3.05) is 0 Å². The van der Waals surface area contributed by atoms with Gasteiger partial charge in [-0.15, -0.1) is 0 Å². The SMILES string of the molecule is C[C@H]1[C@H](C#N)O[C@@](C)(C(F)(F)F)[C@H]1C. The normalized spacial score (nSPS) is 43.6. The molecule has 0 N–H and O–H groups in total. The zero-order chi connectivity index (χ0) is 11.1. The van der Waals surface area contributed by atoms with E-state index in [4.69, 9.17) is 10.00 Å². The summed E-state index contributed by atoms with van der Waals surface area (Å²) in [5.41, 5.74) is -2.19. The Morgan fingerprint density at radius 3 is 2.07 bits per heavy atom. The number of nitriles is 1. The second-order valence-electron chi connectivity index (χ2n) is 3.92. The van der Waals surface area contributed by atoms with Crippen LogP contribution in [0.3, 0.4) is 0 Å². The predicted octanol–water partition coefficient (Wildman–Crippen LogP) is 2.50. The van der Waals surface area contributed by atoms with Gasteiger partial charge in [0.25, 0.3) is 0 Å². The smallest absolute Gasteiger partial charge is 0.347 e. The van der Waals surface area contributed by atoms with Crippen LogP contribution in [-0.2, 0) is 4.74 Å². The van der Waals surface area contributed by atoms with E-state index in [1.165, 1.54) is 6.92 Å². The summed E-state index contributed by atoms with van der Waals surface area (Å²) >= 11 is 0. The summed E-state index contributed by atoms with van der Waals surface area (Å²) in [7, 11) is 0. The van der Waals surface area contributed by atoms with Crippen molar-refractivity contribution in [1.29, 1.82) is 5.26 Å². The Hall–Kier alpha value is -0.760. The molecule has 1 fully saturated rings. The highest BCUT2D eigenvalue weighted by molar-refractivity contribution is 5.05. The minimum absolute atomic E-state index is 0.397. The molecule has 5 heteroatoms. The molecular formula is C9H12F3NO. The first kappa shape index (κ1) is 11.3. The van der Waals surface area contributed by atoms with Gasteiger partial charge in [-0.3, -0.25) is 0 Å². The highest BCUT2D eigenvalue weighted by Crippen LogP contribution is 2.49. The van der Waals surface area contributed by atoms with Crippen molar-refractivity contribution in [3.63, 3.8) is 0 Å². The highest BCUT2D eigenvalue weighted by atomic mass is 19.4. The molecule has 0 amide bonds. The number of ether oxygens (including phenoxy) is 1. The Bertz CT molecular complexity index is 270. The first-order valence-corrected chi connectivity index (χ1v) is 4.38. The summed E-state index contributed by atoms with van der Waals surface area (Å²) in [5, 5.41) is 8.61. The first-order valence-electron chi connectivity index (χ1n) is 4.38. The number of alkyl halides is 3. The third-order valence-electron chi connectivity index (χ3n) is 3.20. The lowest BCUT2D eigenvalue weighted by Crippen LogP contribution is -2.46. The molecule has 1 aliphatic heterocycles. The Balaban J connectivity index is 3.01. The summed E-state index contributed by atoms with van der Waals surface area (Å²) < 4.78 is 42.7. The molecule has 14 heavy (non-hydrogen) atoms. The van der Waals surface area contributed by atoms with Gasteiger partial charge in [0.05, 0.1) is 6.07 Å². The van der Waals surface area contributed by atoms with Crippen LogP contribution in [0, 0.1) is 23.2 Å². The van der Waals surface area contributed by atoms with Gasteiger partial charge in [-0.1, -0.05) is 13.8 Å².